The third kappa shape index (κ3) is 4.15. The van der Waals surface area contributed by atoms with Crippen molar-refractivity contribution in [1.82, 2.24) is 9.88 Å². The van der Waals surface area contributed by atoms with Crippen molar-refractivity contribution in [3.05, 3.63) is 89.6 Å². The van der Waals surface area contributed by atoms with Crippen LogP contribution in [0.15, 0.2) is 78.4 Å². The van der Waals surface area contributed by atoms with E-state index in [-0.39, 0.29) is 5.57 Å². The van der Waals surface area contributed by atoms with Gasteiger partial charge in [-0.05, 0) is 54.4 Å². The molecule has 3 N–H and O–H groups in total. The van der Waals surface area contributed by atoms with E-state index in [1.165, 1.54) is 0 Å². The topological polar surface area (TPSA) is 101 Å². The van der Waals surface area contributed by atoms with Gasteiger partial charge in [-0.15, -0.1) is 0 Å². The summed E-state index contributed by atoms with van der Waals surface area (Å²) < 4.78 is 7.90. The Labute approximate surface area is 185 Å². The first-order valence-corrected chi connectivity index (χ1v) is 10.3. The minimum absolute atomic E-state index is 0.208. The van der Waals surface area contributed by atoms with E-state index >= 15 is 0 Å². The van der Waals surface area contributed by atoms with Crippen molar-refractivity contribution < 1.29 is 24.5 Å². The Morgan fingerprint density at radius 2 is 1.78 bits per heavy atom. The number of carboxylic acid groups (broad SMARTS) is 2. The largest absolute Gasteiger partial charge is 0.489 e. The third-order valence-electron chi connectivity index (χ3n) is 5.74. The predicted octanol–water partition coefficient (Wildman–Crippen LogP) is 3.65. The molecule has 0 saturated carbocycles. The van der Waals surface area contributed by atoms with E-state index in [4.69, 9.17) is 9.84 Å². The molecule has 0 bridgehead atoms. The third-order valence-corrected chi connectivity index (χ3v) is 5.74. The van der Waals surface area contributed by atoms with E-state index in [0.717, 1.165) is 28.6 Å². The van der Waals surface area contributed by atoms with Gasteiger partial charge in [0.1, 0.15) is 12.4 Å². The van der Waals surface area contributed by atoms with Crippen molar-refractivity contribution in [3.8, 4) is 17.0 Å². The Bertz CT molecular complexity index is 1160. The molecule has 0 saturated heterocycles. The van der Waals surface area contributed by atoms with Crippen LogP contribution in [0, 0.1) is 0 Å². The Hall–Kier alpha value is -3.84. The minimum Gasteiger partial charge on any atom is -0.489 e. The van der Waals surface area contributed by atoms with Crippen LogP contribution in [0.5, 0.6) is 5.75 Å². The number of hydrogen-bond acceptors (Lipinski definition) is 4. The normalized spacial score (nSPS) is 18.1. The number of fused-ring (bicyclic) bond motifs is 1. The van der Waals surface area contributed by atoms with Gasteiger partial charge in [-0.2, -0.15) is 0 Å². The van der Waals surface area contributed by atoms with Crippen LogP contribution in [0.3, 0.4) is 0 Å². The highest BCUT2D eigenvalue weighted by molar-refractivity contribution is 5.96. The van der Waals surface area contributed by atoms with E-state index in [2.05, 4.69) is 5.32 Å². The molecule has 164 valence electrons. The van der Waals surface area contributed by atoms with Gasteiger partial charge < -0.3 is 24.8 Å². The smallest absolute Gasteiger partial charge is 0.334 e. The van der Waals surface area contributed by atoms with Crippen molar-refractivity contribution in [2.24, 2.45) is 0 Å². The van der Waals surface area contributed by atoms with E-state index in [9.17, 15) is 14.7 Å². The summed E-state index contributed by atoms with van der Waals surface area (Å²) in [6.45, 7) is 3.33. The molecule has 0 aliphatic carbocycles. The summed E-state index contributed by atoms with van der Waals surface area (Å²) in [5.74, 6) is -1.80. The van der Waals surface area contributed by atoms with Crippen molar-refractivity contribution in [3.63, 3.8) is 0 Å². The van der Waals surface area contributed by atoms with Gasteiger partial charge in [-0.3, -0.25) is 0 Å². The second kappa shape index (κ2) is 8.72. The molecule has 1 aromatic heterocycles. The quantitative estimate of drug-likeness (QED) is 0.493. The van der Waals surface area contributed by atoms with Crippen LogP contribution >= 0.6 is 0 Å². The van der Waals surface area contributed by atoms with Crippen molar-refractivity contribution in [1.29, 1.82) is 0 Å². The van der Waals surface area contributed by atoms with Gasteiger partial charge in [0.2, 0.25) is 0 Å². The van der Waals surface area contributed by atoms with Gasteiger partial charge in [0.05, 0.1) is 11.1 Å². The van der Waals surface area contributed by atoms with Gasteiger partial charge in [0.15, 0.2) is 0 Å². The van der Waals surface area contributed by atoms with Crippen LogP contribution in [0.1, 0.15) is 18.2 Å². The lowest BCUT2D eigenvalue weighted by Crippen LogP contribution is -2.50. The van der Waals surface area contributed by atoms with Crippen molar-refractivity contribution in [2.75, 3.05) is 6.54 Å². The fraction of sp³-hybridized carbons (Fsp3) is 0.200. The molecular formula is C25H24N2O5. The second-order valence-corrected chi connectivity index (χ2v) is 7.81. The van der Waals surface area contributed by atoms with Gasteiger partial charge >= 0.3 is 11.9 Å². The molecule has 3 aromatic rings. The molecule has 0 radical (unpaired) electrons. The highest BCUT2D eigenvalue weighted by atomic mass is 16.5. The Kier molecular flexibility index (Phi) is 5.83. The molecule has 0 spiro atoms. The van der Waals surface area contributed by atoms with Gasteiger partial charge in [-0.1, -0.05) is 30.3 Å². The van der Waals surface area contributed by atoms with E-state index in [1.54, 1.807) is 6.92 Å². The molecule has 1 aliphatic rings. The Morgan fingerprint density at radius 3 is 2.44 bits per heavy atom. The maximum Gasteiger partial charge on any atom is 0.334 e. The average molecular weight is 432 g/mol. The monoisotopic (exact) mass is 432 g/mol. The van der Waals surface area contributed by atoms with Gasteiger partial charge in [0.25, 0.3) is 0 Å². The number of nitrogens with zero attached hydrogens (tertiary/aromatic N) is 1. The lowest BCUT2D eigenvalue weighted by atomic mass is 9.86. The summed E-state index contributed by atoms with van der Waals surface area (Å²) in [5.41, 5.74) is 2.36. The maximum absolute atomic E-state index is 11.8. The van der Waals surface area contributed by atoms with E-state index < -0.39 is 17.5 Å². The number of aromatic nitrogens is 1. The average Bonchev–Trinajstić information content (AvgIpc) is 3.23. The number of carboxylic acids is 2. The number of nitrogens with one attached hydrogen (secondary N) is 1. The fourth-order valence-electron chi connectivity index (χ4n) is 4.14. The molecule has 1 aliphatic heterocycles. The zero-order valence-corrected chi connectivity index (χ0v) is 17.6. The van der Waals surface area contributed by atoms with Crippen molar-refractivity contribution >= 4 is 11.9 Å². The Morgan fingerprint density at radius 1 is 1.06 bits per heavy atom. The van der Waals surface area contributed by atoms with E-state index in [1.807, 2.05) is 71.3 Å². The molecule has 7 nitrogen and oxygen atoms in total. The van der Waals surface area contributed by atoms with Gasteiger partial charge in [-0.25, -0.2) is 9.59 Å². The number of rotatable bonds is 7. The lowest BCUT2D eigenvalue weighted by molar-refractivity contribution is -0.136. The second-order valence-electron chi connectivity index (χ2n) is 7.81. The SMILES string of the molecule is CC1(C(=CC(=O)O)C(=O)O)NCCn2c(-c3ccc(OCc4ccccc4)cc3)ccc21. The molecule has 2 aromatic carbocycles. The number of carbonyl (C=O) groups is 2. The summed E-state index contributed by atoms with van der Waals surface area (Å²) in [6, 6.07) is 21.5. The summed E-state index contributed by atoms with van der Waals surface area (Å²) >= 11 is 0. The predicted molar refractivity (Wildman–Crippen MR) is 119 cm³/mol. The fourth-order valence-corrected chi connectivity index (χ4v) is 4.14. The first-order chi connectivity index (χ1) is 15.4. The number of hydrogen-bond donors (Lipinski definition) is 3. The first-order valence-electron chi connectivity index (χ1n) is 10.3. The zero-order valence-electron chi connectivity index (χ0n) is 17.6. The molecule has 1 atom stereocenters. The van der Waals surface area contributed by atoms with Gasteiger partial charge in [0, 0.05) is 30.6 Å². The van der Waals surface area contributed by atoms with Crippen LogP contribution in [-0.4, -0.2) is 33.3 Å². The number of ether oxygens (including phenoxy) is 1. The summed E-state index contributed by atoms with van der Waals surface area (Å²) in [7, 11) is 0. The minimum atomic E-state index is -1.29. The molecule has 2 heterocycles. The summed E-state index contributed by atoms with van der Waals surface area (Å²) in [4.78, 5) is 23.1. The van der Waals surface area contributed by atoms with Crippen LogP contribution in [0.2, 0.25) is 0 Å². The standard InChI is InChI=1S/C25H24N2O5/c1-25(20(24(30)31)15-23(28)29)22-12-11-21(27(22)14-13-26-25)18-7-9-19(10-8-18)32-16-17-5-3-2-4-6-17/h2-12,15,26H,13-14,16H2,1H3,(H,28,29)(H,30,31). The molecule has 0 fully saturated rings. The molecular weight excluding hydrogens is 408 g/mol. The molecule has 1 unspecified atom stereocenters. The van der Waals surface area contributed by atoms with Crippen LogP contribution in [-0.2, 0) is 28.3 Å². The molecule has 32 heavy (non-hydrogen) atoms. The first kappa shape index (κ1) is 21.4. The molecule has 7 heteroatoms. The zero-order chi connectivity index (χ0) is 22.7. The molecule has 4 rings (SSSR count). The van der Waals surface area contributed by atoms with E-state index in [0.29, 0.717) is 25.4 Å². The van der Waals surface area contributed by atoms with Crippen molar-refractivity contribution in [2.45, 2.75) is 25.6 Å². The summed E-state index contributed by atoms with van der Waals surface area (Å²) in [5, 5.41) is 22.0. The highest BCUT2D eigenvalue weighted by Gasteiger charge is 2.40. The molecule has 0 amide bonds. The van der Waals surface area contributed by atoms with Crippen LogP contribution in [0.4, 0.5) is 0 Å². The Balaban J connectivity index is 1.60. The maximum atomic E-state index is 11.8. The summed E-state index contributed by atoms with van der Waals surface area (Å²) in [6.07, 6.45) is 0.760. The van der Waals surface area contributed by atoms with Crippen LogP contribution < -0.4 is 10.1 Å². The number of aliphatic carboxylic acids is 2. The highest BCUT2D eigenvalue weighted by Crippen LogP contribution is 2.36. The lowest BCUT2D eigenvalue weighted by Gasteiger charge is -2.37. The van der Waals surface area contributed by atoms with Crippen LogP contribution in [0.25, 0.3) is 11.3 Å². The number of benzene rings is 2.